The molecule has 0 aromatic carbocycles. The quantitative estimate of drug-likeness (QED) is 0.423. The van der Waals surface area contributed by atoms with Gasteiger partial charge in [-0.25, -0.2) is 19.5 Å². The Hall–Kier alpha value is -3.54. The first-order chi connectivity index (χ1) is 14.8. The average molecular weight is 444 g/mol. The molecule has 162 valence electrons. The number of thiophene rings is 1. The predicted octanol–water partition coefficient (Wildman–Crippen LogP) is 0.776. The third-order valence-electron chi connectivity index (χ3n) is 5.17. The summed E-state index contributed by atoms with van der Waals surface area (Å²) < 4.78 is 2.80. The van der Waals surface area contributed by atoms with E-state index in [4.69, 9.17) is 0 Å². The second-order valence-corrected chi connectivity index (χ2v) is 8.20. The Morgan fingerprint density at radius 3 is 2.42 bits per heavy atom. The predicted molar refractivity (Wildman–Crippen MR) is 111 cm³/mol. The van der Waals surface area contributed by atoms with Gasteiger partial charge in [-0.15, -0.1) is 11.3 Å². The third-order valence-corrected chi connectivity index (χ3v) is 6.03. The second-order valence-electron chi connectivity index (χ2n) is 7.17. The highest BCUT2D eigenvalue weighted by Gasteiger charge is 2.45. The van der Waals surface area contributed by atoms with Gasteiger partial charge < -0.3 is 4.57 Å². The van der Waals surface area contributed by atoms with Crippen LogP contribution in [-0.4, -0.2) is 46.7 Å². The minimum absolute atomic E-state index is 0.0103. The molecule has 0 bridgehead atoms. The van der Waals surface area contributed by atoms with Crippen molar-refractivity contribution in [3.05, 3.63) is 49.1 Å². The maximum atomic E-state index is 12.8. The molecule has 1 aliphatic rings. The summed E-state index contributed by atoms with van der Waals surface area (Å²) in [5.41, 5.74) is -0.836. The van der Waals surface area contributed by atoms with E-state index in [1.807, 2.05) is 12.3 Å². The number of H-pyrrole nitrogens is 1. The molecule has 1 saturated heterocycles. The van der Waals surface area contributed by atoms with Crippen LogP contribution in [0.4, 0.5) is 4.79 Å². The number of aromatic nitrogens is 4. The van der Waals surface area contributed by atoms with E-state index in [1.54, 1.807) is 19.2 Å². The molecule has 0 aliphatic carbocycles. The zero-order valence-corrected chi connectivity index (χ0v) is 17.8. The zero-order chi connectivity index (χ0) is 22.3. The highest BCUT2D eigenvalue weighted by Crippen LogP contribution is 2.21. The Labute approximate surface area is 179 Å². The Kier molecular flexibility index (Phi) is 5.31. The average Bonchev–Trinajstić information content (AvgIpc) is 3.40. The number of carbonyl (C=O) groups is 3. The lowest BCUT2D eigenvalue weighted by Gasteiger charge is -2.14. The summed E-state index contributed by atoms with van der Waals surface area (Å²) in [5, 5.41) is 1.81. The van der Waals surface area contributed by atoms with Crippen LogP contribution in [0.5, 0.6) is 0 Å². The summed E-state index contributed by atoms with van der Waals surface area (Å²) >= 11 is 1.37. The molecule has 4 amide bonds. The summed E-state index contributed by atoms with van der Waals surface area (Å²) in [6.45, 7) is 2.06. The number of nitrogens with zero attached hydrogens (tertiary/aromatic N) is 5. The molecule has 1 fully saturated rings. The molecule has 11 nitrogen and oxygen atoms in total. The largest absolute Gasteiger partial charge is 0.334 e. The standard InChI is InChI=1S/C19H20N6O5S/c1-3-4-7-23-14-13(15(26)21-18(23)29)22(2)12(20-14)10-25-17(28)16(27)24(19(25)30)9-11-6-5-8-31-11/h5-6,8H,3-4,7,9-10H2,1-2H3,(H,21,26,29). The lowest BCUT2D eigenvalue weighted by Crippen LogP contribution is -2.33. The zero-order valence-electron chi connectivity index (χ0n) is 17.0. The monoisotopic (exact) mass is 444 g/mol. The van der Waals surface area contributed by atoms with E-state index in [-0.39, 0.29) is 30.1 Å². The van der Waals surface area contributed by atoms with Crippen molar-refractivity contribution in [1.82, 2.24) is 28.9 Å². The summed E-state index contributed by atoms with van der Waals surface area (Å²) in [6, 6.07) is 2.82. The molecule has 0 unspecified atom stereocenters. The van der Waals surface area contributed by atoms with Crippen molar-refractivity contribution in [1.29, 1.82) is 0 Å². The number of aryl methyl sites for hydroxylation is 2. The summed E-state index contributed by atoms with van der Waals surface area (Å²) in [7, 11) is 1.56. The molecular weight excluding hydrogens is 424 g/mol. The number of carbonyl (C=O) groups excluding carboxylic acids is 3. The highest BCUT2D eigenvalue weighted by molar-refractivity contribution is 7.09. The molecule has 0 spiro atoms. The molecule has 1 N–H and O–H groups in total. The topological polar surface area (TPSA) is 130 Å². The van der Waals surface area contributed by atoms with Crippen LogP contribution >= 0.6 is 11.3 Å². The van der Waals surface area contributed by atoms with Gasteiger partial charge in [0.1, 0.15) is 5.82 Å². The van der Waals surface area contributed by atoms with Gasteiger partial charge in [0.05, 0.1) is 13.1 Å². The van der Waals surface area contributed by atoms with Crippen molar-refractivity contribution in [2.75, 3.05) is 0 Å². The molecule has 3 aromatic heterocycles. The maximum absolute atomic E-state index is 12.8. The van der Waals surface area contributed by atoms with E-state index in [0.29, 0.717) is 13.0 Å². The van der Waals surface area contributed by atoms with Crippen LogP contribution in [0, 0.1) is 0 Å². The molecule has 4 heterocycles. The van der Waals surface area contributed by atoms with E-state index < -0.39 is 29.1 Å². The molecule has 12 heteroatoms. The van der Waals surface area contributed by atoms with Crippen LogP contribution in [0.25, 0.3) is 11.2 Å². The van der Waals surface area contributed by atoms with Crippen molar-refractivity contribution in [2.45, 2.75) is 39.4 Å². The molecule has 4 rings (SSSR count). The van der Waals surface area contributed by atoms with Gasteiger partial charge in [0.25, 0.3) is 5.56 Å². The van der Waals surface area contributed by atoms with E-state index in [2.05, 4.69) is 9.97 Å². The Bertz CT molecular complexity index is 1300. The number of fused-ring (bicyclic) bond motifs is 1. The van der Waals surface area contributed by atoms with Crippen LogP contribution < -0.4 is 11.2 Å². The second kappa shape index (κ2) is 7.95. The lowest BCUT2D eigenvalue weighted by atomic mass is 10.3. The number of unbranched alkanes of at least 4 members (excludes halogenated alkanes) is 1. The Morgan fingerprint density at radius 1 is 1.06 bits per heavy atom. The van der Waals surface area contributed by atoms with E-state index >= 15 is 0 Å². The van der Waals surface area contributed by atoms with Crippen LogP contribution in [0.15, 0.2) is 27.1 Å². The summed E-state index contributed by atoms with van der Waals surface area (Å²) in [6.07, 6.45) is 1.55. The van der Waals surface area contributed by atoms with Crippen molar-refractivity contribution < 1.29 is 14.4 Å². The Balaban J connectivity index is 1.69. The number of urea groups is 1. The molecule has 0 radical (unpaired) electrons. The first kappa shape index (κ1) is 20.7. The van der Waals surface area contributed by atoms with Gasteiger partial charge in [0, 0.05) is 18.5 Å². The third kappa shape index (κ3) is 3.48. The number of aromatic amines is 1. The highest BCUT2D eigenvalue weighted by atomic mass is 32.1. The minimum Gasteiger partial charge on any atom is -0.324 e. The Morgan fingerprint density at radius 2 is 1.77 bits per heavy atom. The van der Waals surface area contributed by atoms with E-state index in [0.717, 1.165) is 21.1 Å². The van der Waals surface area contributed by atoms with Crippen molar-refractivity contribution in [3.63, 3.8) is 0 Å². The van der Waals surface area contributed by atoms with Crippen LogP contribution in [0.2, 0.25) is 0 Å². The van der Waals surface area contributed by atoms with Gasteiger partial charge in [-0.1, -0.05) is 19.4 Å². The molecule has 0 atom stereocenters. The van der Waals surface area contributed by atoms with Crippen LogP contribution in [-0.2, 0) is 36.3 Å². The number of nitrogens with one attached hydrogen (secondary N) is 1. The van der Waals surface area contributed by atoms with Gasteiger partial charge in [-0.2, -0.15) is 0 Å². The van der Waals surface area contributed by atoms with E-state index in [1.165, 1.54) is 20.5 Å². The normalized spacial score (nSPS) is 14.5. The number of rotatable bonds is 7. The van der Waals surface area contributed by atoms with Gasteiger partial charge in [-0.05, 0) is 17.9 Å². The summed E-state index contributed by atoms with van der Waals surface area (Å²) in [5.74, 6) is -1.65. The van der Waals surface area contributed by atoms with Crippen molar-refractivity contribution in [2.24, 2.45) is 7.05 Å². The van der Waals surface area contributed by atoms with Gasteiger partial charge in [0.15, 0.2) is 11.2 Å². The molecule has 1 aliphatic heterocycles. The summed E-state index contributed by atoms with van der Waals surface area (Å²) in [4.78, 5) is 71.3. The van der Waals surface area contributed by atoms with Crippen LogP contribution in [0.3, 0.4) is 0 Å². The first-order valence-electron chi connectivity index (χ1n) is 9.71. The van der Waals surface area contributed by atoms with Gasteiger partial charge in [0.2, 0.25) is 0 Å². The van der Waals surface area contributed by atoms with Crippen molar-refractivity contribution >= 4 is 40.3 Å². The number of hydrogen-bond donors (Lipinski definition) is 1. The smallest absolute Gasteiger partial charge is 0.324 e. The molecule has 3 aromatic rings. The fourth-order valence-electron chi connectivity index (χ4n) is 3.49. The fraction of sp³-hybridized carbons (Fsp3) is 0.368. The molecule has 0 saturated carbocycles. The molecule has 31 heavy (non-hydrogen) atoms. The maximum Gasteiger partial charge on any atom is 0.334 e. The SMILES string of the molecule is CCCCn1c(=O)[nH]c(=O)c2c1nc(CN1C(=O)C(=O)N(Cc3cccs3)C1=O)n2C. The van der Waals surface area contributed by atoms with E-state index in [9.17, 15) is 24.0 Å². The van der Waals surface area contributed by atoms with Crippen LogP contribution in [0.1, 0.15) is 30.5 Å². The number of hydrogen-bond acceptors (Lipinski definition) is 7. The number of imide groups is 2. The number of amides is 4. The van der Waals surface area contributed by atoms with Crippen molar-refractivity contribution in [3.8, 4) is 0 Å². The lowest BCUT2D eigenvalue weighted by molar-refractivity contribution is -0.143. The first-order valence-corrected chi connectivity index (χ1v) is 10.6. The molecular formula is C19H20N6O5S. The van der Waals surface area contributed by atoms with Gasteiger partial charge >= 0.3 is 23.5 Å². The fourth-order valence-corrected chi connectivity index (χ4v) is 4.18. The minimum atomic E-state index is -0.953. The number of imidazole rings is 1. The van der Waals surface area contributed by atoms with Gasteiger partial charge in [-0.3, -0.25) is 28.8 Å².